The summed E-state index contributed by atoms with van der Waals surface area (Å²) in [7, 11) is 1.70. The van der Waals surface area contributed by atoms with Crippen LogP contribution in [0.5, 0.6) is 0 Å². The van der Waals surface area contributed by atoms with Crippen molar-refractivity contribution in [2.24, 2.45) is 12.2 Å². The van der Waals surface area contributed by atoms with Gasteiger partial charge in [0, 0.05) is 23.9 Å². The fourth-order valence-electron chi connectivity index (χ4n) is 3.11. The van der Waals surface area contributed by atoms with Gasteiger partial charge in [-0.15, -0.1) is 28.2 Å². The summed E-state index contributed by atoms with van der Waals surface area (Å²) in [4.78, 5) is 42.9. The van der Waals surface area contributed by atoms with E-state index in [1.807, 2.05) is 0 Å². The molecule has 4 rings (SSSR count). The summed E-state index contributed by atoms with van der Waals surface area (Å²) in [5.74, 6) is -0.408. The van der Waals surface area contributed by atoms with Crippen molar-refractivity contribution in [1.29, 1.82) is 0 Å². The third-order valence-electron chi connectivity index (χ3n) is 4.57. The first-order valence-corrected chi connectivity index (χ1v) is 12.2. The number of aryl methyl sites for hydroxylation is 1. The maximum absolute atomic E-state index is 12.8. The molecule has 1 fully saturated rings. The van der Waals surface area contributed by atoms with Gasteiger partial charge in [-0.1, -0.05) is 29.5 Å². The van der Waals surface area contributed by atoms with Gasteiger partial charge in [0.2, 0.25) is 10.3 Å². The van der Waals surface area contributed by atoms with Crippen molar-refractivity contribution >= 4 is 75.3 Å². The number of β-lactam (4-membered cyclic amide) rings is 1. The minimum atomic E-state index is -0.903. The Labute approximate surface area is 198 Å². The molecule has 0 aromatic carbocycles. The minimum Gasteiger partial charge on any atom is -0.410 e. The monoisotopic (exact) mass is 513 g/mol. The zero-order valence-corrected chi connectivity index (χ0v) is 19.5. The van der Waals surface area contributed by atoms with E-state index in [2.05, 4.69) is 43.6 Å². The van der Waals surface area contributed by atoms with Crippen LogP contribution in [-0.4, -0.2) is 80.9 Å². The molecule has 17 heteroatoms. The molecule has 2 aliphatic heterocycles. The average Bonchev–Trinajstić information content (AvgIpc) is 3.37. The van der Waals surface area contributed by atoms with Gasteiger partial charge in [0.25, 0.3) is 11.8 Å². The maximum atomic E-state index is 12.8. The molecule has 1 saturated heterocycles. The number of nitrogens with one attached hydrogen (secondary N) is 1. The number of hydrogen-bond donors (Lipinski definition) is 4. The van der Waals surface area contributed by atoms with Crippen molar-refractivity contribution in [3.63, 3.8) is 0 Å². The van der Waals surface area contributed by atoms with Crippen LogP contribution >= 0.6 is 47.5 Å². The van der Waals surface area contributed by atoms with Gasteiger partial charge in [0.05, 0.1) is 0 Å². The molecule has 0 aliphatic carbocycles. The number of thiol groups is 1. The maximum Gasteiger partial charge on any atom is 0.276 e. The first kappa shape index (κ1) is 22.6. The summed E-state index contributed by atoms with van der Waals surface area (Å²) in [6, 6.07) is -0.903. The van der Waals surface area contributed by atoms with Crippen molar-refractivity contribution in [2.45, 2.75) is 16.6 Å². The zero-order chi connectivity index (χ0) is 23.0. The number of fused-ring (bicyclic) bond motifs is 1. The molecule has 32 heavy (non-hydrogen) atoms. The van der Waals surface area contributed by atoms with Gasteiger partial charge >= 0.3 is 0 Å². The van der Waals surface area contributed by atoms with Crippen molar-refractivity contribution in [1.82, 2.24) is 35.4 Å². The number of aromatic nitrogens is 5. The van der Waals surface area contributed by atoms with Gasteiger partial charge in [-0.25, -0.2) is 9.67 Å². The Morgan fingerprint density at radius 1 is 1.50 bits per heavy atom. The van der Waals surface area contributed by atoms with E-state index in [0.717, 1.165) is 11.3 Å². The van der Waals surface area contributed by atoms with Crippen LogP contribution in [0.1, 0.15) is 5.69 Å². The highest BCUT2D eigenvalue weighted by atomic mass is 32.2. The number of thiazole rings is 1. The zero-order valence-electron chi connectivity index (χ0n) is 16.2. The van der Waals surface area contributed by atoms with Gasteiger partial charge in [0.15, 0.2) is 10.8 Å². The average molecular weight is 514 g/mol. The molecule has 13 nitrogen and oxygen atoms in total. The van der Waals surface area contributed by atoms with Crippen LogP contribution in [-0.2, 0) is 21.4 Å². The number of hydrogen-bond acceptors (Lipinski definition) is 13. The summed E-state index contributed by atoms with van der Waals surface area (Å²) in [5.41, 5.74) is 6.20. The third-order valence-corrected chi connectivity index (χ3v) is 7.90. The fourth-order valence-corrected chi connectivity index (χ4v) is 6.26. The Bertz CT molecular complexity index is 1160. The van der Waals surface area contributed by atoms with Crippen LogP contribution in [0.3, 0.4) is 0 Å². The van der Waals surface area contributed by atoms with Crippen LogP contribution < -0.4 is 11.1 Å². The largest absolute Gasteiger partial charge is 0.410 e. The Kier molecular flexibility index (Phi) is 6.40. The number of thioether (sulfide) groups is 2. The number of rotatable bonds is 7. The number of carbonyl (C=O) groups excluding carboxylic acids is 3. The fraction of sp³-hybridized carbons (Fsp3) is 0.333. The van der Waals surface area contributed by atoms with Crippen LogP contribution in [0.2, 0.25) is 0 Å². The van der Waals surface area contributed by atoms with E-state index in [1.54, 1.807) is 7.05 Å². The molecular formula is C15H15N9O4S4. The molecule has 4 N–H and O–H groups in total. The lowest BCUT2D eigenvalue weighted by Crippen LogP contribution is -2.71. The van der Waals surface area contributed by atoms with Gasteiger partial charge in [-0.05, 0) is 16.0 Å². The molecule has 0 spiro atoms. The normalized spacial score (nSPS) is 20.8. The molecule has 0 saturated carbocycles. The molecule has 4 heterocycles. The number of nitrogens with two attached hydrogens (primary N) is 1. The topological polar surface area (TPSA) is 182 Å². The van der Waals surface area contributed by atoms with Gasteiger partial charge in [0.1, 0.15) is 22.8 Å². The standard InChI is InChI=1S/C15H15N9O4S4/c1-23-15(19-21-22-23)32-3-5-2-30-12-8(11(26)24(12)9(5)13(27)29)18-10(25)7(20-28)6-4-31-14(16)17-6/h4,8,12,28H,2-3H2,1H3,(H2,16,17)(H,18,25)(H,27,29)/b20-7+/t8-,12-/m1/s1. The summed E-state index contributed by atoms with van der Waals surface area (Å²) in [6.45, 7) is 0. The Morgan fingerprint density at radius 2 is 2.28 bits per heavy atom. The van der Waals surface area contributed by atoms with E-state index in [-0.39, 0.29) is 22.2 Å². The molecule has 0 unspecified atom stereocenters. The Hall–Kier alpha value is -2.63. The molecule has 2 atom stereocenters. The lowest BCUT2D eigenvalue weighted by Gasteiger charge is -2.49. The molecule has 2 aromatic heterocycles. The van der Waals surface area contributed by atoms with E-state index < -0.39 is 28.3 Å². The minimum absolute atomic E-state index is 0.0936. The predicted molar refractivity (Wildman–Crippen MR) is 120 cm³/mol. The number of carbonyl (C=O) groups is 3. The van der Waals surface area contributed by atoms with Gasteiger partial charge < -0.3 is 16.3 Å². The summed E-state index contributed by atoms with van der Waals surface area (Å²) < 4.78 is 1.50. The Balaban J connectivity index is 1.48. The molecule has 2 aliphatic rings. The number of tetrazole rings is 1. The first-order valence-electron chi connectivity index (χ1n) is 8.81. The lowest BCUT2D eigenvalue weighted by molar-refractivity contribution is -0.146. The molecule has 0 bridgehead atoms. The van der Waals surface area contributed by atoms with Crippen molar-refractivity contribution in [3.05, 3.63) is 22.3 Å². The first-order chi connectivity index (χ1) is 15.3. The van der Waals surface area contributed by atoms with Crippen molar-refractivity contribution in [2.75, 3.05) is 17.2 Å². The van der Waals surface area contributed by atoms with E-state index in [9.17, 15) is 19.6 Å². The second kappa shape index (κ2) is 9.08. The number of oxime groups is 1. The van der Waals surface area contributed by atoms with Crippen LogP contribution in [0.15, 0.2) is 27.0 Å². The summed E-state index contributed by atoms with van der Waals surface area (Å²) >= 11 is 7.75. The number of nitrogens with zero attached hydrogens (tertiary/aromatic N) is 7. The third kappa shape index (κ3) is 4.07. The highest BCUT2D eigenvalue weighted by Gasteiger charge is 2.53. The summed E-state index contributed by atoms with van der Waals surface area (Å²) in [6.07, 6.45) is 0. The quantitative estimate of drug-likeness (QED) is 0.0920. The van der Waals surface area contributed by atoms with Gasteiger partial charge in [-0.2, -0.15) is 0 Å². The van der Waals surface area contributed by atoms with Crippen LogP contribution in [0.4, 0.5) is 5.13 Å². The van der Waals surface area contributed by atoms with Crippen LogP contribution in [0.25, 0.3) is 0 Å². The molecule has 2 amide bonds. The Morgan fingerprint density at radius 3 is 2.88 bits per heavy atom. The second-order valence-corrected chi connectivity index (χ2v) is 9.85. The highest BCUT2D eigenvalue weighted by molar-refractivity contribution is 8.01. The lowest BCUT2D eigenvalue weighted by atomic mass is 10.0. The van der Waals surface area contributed by atoms with Crippen LogP contribution in [0, 0.1) is 0 Å². The molecule has 2 aromatic rings. The van der Waals surface area contributed by atoms with E-state index in [0.29, 0.717) is 22.2 Å². The molecule has 168 valence electrons. The van der Waals surface area contributed by atoms with E-state index in [1.165, 1.54) is 38.5 Å². The second-order valence-electron chi connectivity index (χ2n) is 6.51. The molecular weight excluding hydrogens is 498 g/mol. The SMILES string of the molecule is Cn1nnnc1SCC1=C(C(=O)S)N2C(=O)[C@@H](NC(=O)/C(=N/O)c3csc(N)n3)[C@H]2SC1. The van der Waals surface area contributed by atoms with E-state index >= 15 is 0 Å². The number of anilines is 1. The summed E-state index contributed by atoms with van der Waals surface area (Å²) in [5, 5.41) is 27.2. The predicted octanol–water partition coefficient (Wildman–Crippen LogP) is -0.670. The number of nitrogen functional groups attached to an aromatic ring is 1. The van der Waals surface area contributed by atoms with Gasteiger partial charge in [-0.3, -0.25) is 19.3 Å². The molecule has 0 radical (unpaired) electrons. The van der Waals surface area contributed by atoms with Crippen molar-refractivity contribution < 1.29 is 19.6 Å². The number of amides is 2. The van der Waals surface area contributed by atoms with E-state index in [4.69, 9.17) is 5.73 Å². The highest BCUT2D eigenvalue weighted by Crippen LogP contribution is 2.42. The smallest absolute Gasteiger partial charge is 0.276 e. The van der Waals surface area contributed by atoms with Crippen molar-refractivity contribution in [3.8, 4) is 0 Å².